The Hall–Kier alpha value is -4.88. The third-order valence-corrected chi connectivity index (χ3v) is 7.25. The minimum atomic E-state index is -4.38. The number of nitrogens with one attached hydrogen (secondary N) is 3. The van der Waals surface area contributed by atoms with Gasteiger partial charge in [0.2, 0.25) is 5.91 Å². The normalized spacial score (nSPS) is 17.5. The Kier molecular flexibility index (Phi) is 8.78. The summed E-state index contributed by atoms with van der Waals surface area (Å²) in [4.78, 5) is 65.1. The van der Waals surface area contributed by atoms with Crippen molar-refractivity contribution in [2.45, 2.75) is 25.3 Å². The van der Waals surface area contributed by atoms with E-state index in [0.29, 0.717) is 10.5 Å². The lowest BCUT2D eigenvalue weighted by Gasteiger charge is -2.33. The number of fused-ring (bicyclic) bond motifs is 1. The molecule has 19 heteroatoms. The van der Waals surface area contributed by atoms with Gasteiger partial charge in [-0.1, -0.05) is 18.2 Å². The van der Waals surface area contributed by atoms with E-state index in [1.165, 1.54) is 29.2 Å². The van der Waals surface area contributed by atoms with E-state index in [0.717, 1.165) is 12.1 Å². The van der Waals surface area contributed by atoms with Crippen LogP contribution in [0.25, 0.3) is 0 Å². The van der Waals surface area contributed by atoms with Gasteiger partial charge in [-0.15, -0.1) is 0 Å². The number of carboxylic acids is 1. The molecule has 2 aliphatic heterocycles. The Morgan fingerprint density at radius 3 is 2.53 bits per heavy atom. The number of benzene rings is 2. The second-order valence-electron chi connectivity index (χ2n) is 9.57. The standard InChI is InChI=1S/C24H27BN6O11S/c1-2-30-8-9-31(22(35)21(30)34)24(38)28-18(12-6-7-16(32)15(10-12)29-43(26,40)41)20(33)27-17-11-13-4-3-5-14(23(36)37)19(13)42-25(17)39/h3-7,10,17-18,29,32,39H,2,8-9,11H2,1H3,(H,27,33)(H,28,38)(H,36,37)(H2,26,40,41)/t17-,18?/m0/s1. The van der Waals surface area contributed by atoms with Gasteiger partial charge < -0.3 is 35.4 Å². The summed E-state index contributed by atoms with van der Waals surface area (Å²) >= 11 is 0. The second-order valence-corrected chi connectivity index (χ2v) is 10.9. The first kappa shape index (κ1) is 31.1. The van der Waals surface area contributed by atoms with Crippen LogP contribution in [0.4, 0.5) is 10.5 Å². The highest BCUT2D eigenvalue weighted by Crippen LogP contribution is 2.31. The van der Waals surface area contributed by atoms with Crippen LogP contribution in [0.2, 0.25) is 0 Å². The fourth-order valence-corrected chi connectivity index (χ4v) is 5.09. The van der Waals surface area contributed by atoms with Crippen LogP contribution < -0.4 is 25.1 Å². The zero-order valence-electron chi connectivity index (χ0n) is 22.5. The molecule has 8 N–H and O–H groups in total. The molecule has 2 heterocycles. The molecule has 0 bridgehead atoms. The number of aromatic carboxylic acids is 1. The Bertz CT molecular complexity index is 1600. The van der Waals surface area contributed by atoms with Gasteiger partial charge in [0.05, 0.1) is 17.2 Å². The van der Waals surface area contributed by atoms with Gasteiger partial charge in [-0.2, -0.15) is 8.42 Å². The first-order valence-electron chi connectivity index (χ1n) is 12.7. The molecule has 228 valence electrons. The molecule has 1 fully saturated rings. The van der Waals surface area contributed by atoms with Crippen LogP contribution in [0.15, 0.2) is 36.4 Å². The summed E-state index contributed by atoms with van der Waals surface area (Å²) in [6.45, 7) is 1.77. The van der Waals surface area contributed by atoms with E-state index < -0.39 is 70.5 Å². The van der Waals surface area contributed by atoms with Crippen molar-refractivity contribution in [3.05, 3.63) is 53.1 Å². The van der Waals surface area contributed by atoms with Gasteiger partial charge in [0.1, 0.15) is 17.5 Å². The largest absolute Gasteiger partial charge is 0.547 e. The number of urea groups is 1. The van der Waals surface area contributed by atoms with Crippen molar-refractivity contribution in [3.63, 3.8) is 0 Å². The SMILES string of the molecule is CCN1CCN(C(=O)NC(C(=O)N[C@H]2Cc3cccc(C(=O)O)c3OB2O)c2ccc(O)c(NS(N)(=O)=O)c2)C(=O)C1=O. The van der Waals surface area contributed by atoms with Crippen molar-refractivity contribution >= 4 is 52.7 Å². The number of phenolic OH excluding ortho intramolecular Hbond substituents is 1. The van der Waals surface area contributed by atoms with E-state index in [4.69, 9.17) is 9.79 Å². The van der Waals surface area contributed by atoms with Gasteiger partial charge in [0.15, 0.2) is 0 Å². The summed E-state index contributed by atoms with van der Waals surface area (Å²) < 4.78 is 30.4. The summed E-state index contributed by atoms with van der Waals surface area (Å²) in [6.07, 6.45) is -0.0796. The predicted octanol–water partition coefficient (Wildman–Crippen LogP) is -1.71. The number of phenols is 1. The van der Waals surface area contributed by atoms with E-state index >= 15 is 0 Å². The molecule has 0 aliphatic carbocycles. The lowest BCUT2D eigenvalue weighted by molar-refractivity contribution is -0.153. The molecule has 0 spiro atoms. The number of carbonyl (C=O) groups excluding carboxylic acids is 4. The van der Waals surface area contributed by atoms with Crippen LogP contribution in [0, 0.1) is 0 Å². The molecule has 43 heavy (non-hydrogen) atoms. The summed E-state index contributed by atoms with van der Waals surface area (Å²) in [6, 6.07) is 4.68. The van der Waals surface area contributed by atoms with E-state index in [1.807, 2.05) is 4.72 Å². The number of hydrogen-bond donors (Lipinski definition) is 7. The average Bonchev–Trinajstić information content (AvgIpc) is 2.93. The number of carboxylic acid groups (broad SMARTS) is 1. The molecule has 1 saturated heterocycles. The van der Waals surface area contributed by atoms with Gasteiger partial charge in [0, 0.05) is 19.6 Å². The molecule has 4 rings (SSSR count). The number of rotatable bonds is 8. The lowest BCUT2D eigenvalue weighted by atomic mass is 9.72. The number of imide groups is 1. The molecule has 2 aromatic carbocycles. The van der Waals surface area contributed by atoms with Crippen LogP contribution >= 0.6 is 0 Å². The lowest BCUT2D eigenvalue weighted by Crippen LogP contribution is -2.60. The number of aromatic hydroxyl groups is 1. The van der Waals surface area contributed by atoms with Crippen LogP contribution in [-0.2, 0) is 31.0 Å². The molecule has 2 atom stereocenters. The maximum atomic E-state index is 13.6. The third kappa shape index (κ3) is 6.79. The number of nitrogens with two attached hydrogens (primary N) is 1. The molecular weight excluding hydrogens is 591 g/mol. The summed E-state index contributed by atoms with van der Waals surface area (Å²) in [5, 5.41) is 40.0. The number of carbonyl (C=O) groups is 5. The fraction of sp³-hybridized carbons (Fsp3) is 0.292. The Morgan fingerprint density at radius 1 is 1.16 bits per heavy atom. The van der Waals surface area contributed by atoms with Crippen molar-refractivity contribution in [1.82, 2.24) is 20.4 Å². The zero-order chi connectivity index (χ0) is 31.6. The number of nitrogens with zero attached hydrogens (tertiary/aromatic N) is 2. The Balaban J connectivity index is 1.64. The van der Waals surface area contributed by atoms with Crippen molar-refractivity contribution in [1.29, 1.82) is 0 Å². The molecule has 17 nitrogen and oxygen atoms in total. The van der Waals surface area contributed by atoms with E-state index in [9.17, 15) is 47.6 Å². The number of para-hydroxylation sites is 1. The quantitative estimate of drug-likeness (QED) is 0.0995. The molecule has 2 aliphatic rings. The van der Waals surface area contributed by atoms with Crippen LogP contribution in [0.1, 0.15) is 34.5 Å². The number of amides is 5. The Labute approximate surface area is 244 Å². The topological polar surface area (TPSA) is 258 Å². The third-order valence-electron chi connectivity index (χ3n) is 6.75. The fourth-order valence-electron chi connectivity index (χ4n) is 4.62. The number of piperazine rings is 1. The Morgan fingerprint density at radius 2 is 1.88 bits per heavy atom. The second kappa shape index (κ2) is 12.2. The van der Waals surface area contributed by atoms with E-state index in [-0.39, 0.29) is 42.9 Å². The van der Waals surface area contributed by atoms with E-state index in [2.05, 4.69) is 10.6 Å². The predicted molar refractivity (Wildman–Crippen MR) is 148 cm³/mol. The van der Waals surface area contributed by atoms with Crippen molar-refractivity contribution < 1.29 is 52.3 Å². The van der Waals surface area contributed by atoms with Crippen molar-refractivity contribution in [3.8, 4) is 11.5 Å². The molecule has 0 saturated carbocycles. The molecular formula is C24H27BN6O11S. The molecule has 2 aromatic rings. The average molecular weight is 618 g/mol. The van der Waals surface area contributed by atoms with Crippen LogP contribution in [0.5, 0.6) is 11.5 Å². The maximum Gasteiger partial charge on any atom is 0.547 e. The highest BCUT2D eigenvalue weighted by molar-refractivity contribution is 7.90. The van der Waals surface area contributed by atoms with Gasteiger partial charge in [-0.25, -0.2) is 14.7 Å². The minimum Gasteiger partial charge on any atom is -0.534 e. The first-order valence-corrected chi connectivity index (χ1v) is 14.3. The van der Waals surface area contributed by atoms with Gasteiger partial charge in [-0.05, 0) is 42.7 Å². The number of hydrogen-bond acceptors (Lipinski definition) is 10. The molecule has 0 radical (unpaired) electrons. The van der Waals surface area contributed by atoms with Crippen molar-refractivity contribution in [2.75, 3.05) is 24.4 Å². The van der Waals surface area contributed by atoms with E-state index in [1.54, 1.807) is 6.92 Å². The van der Waals surface area contributed by atoms with Crippen LogP contribution in [0.3, 0.4) is 0 Å². The van der Waals surface area contributed by atoms with Crippen LogP contribution in [-0.4, -0.2) is 95.9 Å². The molecule has 1 unspecified atom stereocenters. The van der Waals surface area contributed by atoms with Crippen molar-refractivity contribution in [2.24, 2.45) is 5.14 Å². The molecule has 5 amide bonds. The minimum absolute atomic E-state index is 0.0519. The van der Waals surface area contributed by atoms with Gasteiger partial charge in [-0.3, -0.25) is 24.0 Å². The first-order chi connectivity index (χ1) is 20.2. The summed E-state index contributed by atoms with van der Waals surface area (Å²) in [7, 11) is -6.09. The highest BCUT2D eigenvalue weighted by Gasteiger charge is 2.41. The smallest absolute Gasteiger partial charge is 0.534 e. The zero-order valence-corrected chi connectivity index (χ0v) is 23.3. The summed E-state index contributed by atoms with van der Waals surface area (Å²) in [5.74, 6) is -6.12. The maximum absolute atomic E-state index is 13.6. The number of likely N-dealkylation sites (N-methyl/N-ethyl adjacent to an activating group) is 1. The monoisotopic (exact) mass is 618 g/mol. The van der Waals surface area contributed by atoms with Gasteiger partial charge in [0.25, 0.3) is 10.2 Å². The molecule has 0 aromatic heterocycles. The highest BCUT2D eigenvalue weighted by atomic mass is 32.2. The van der Waals surface area contributed by atoms with Gasteiger partial charge >= 0.3 is 30.9 Å². The number of anilines is 1. The summed E-state index contributed by atoms with van der Waals surface area (Å²) in [5.41, 5.74) is -0.377.